The molecule has 0 amide bonds. The minimum Gasteiger partial charge on any atom is -0.374 e. The summed E-state index contributed by atoms with van der Waals surface area (Å²) < 4.78 is 5.92. The highest BCUT2D eigenvalue weighted by Gasteiger charge is 2.13. The van der Waals surface area contributed by atoms with E-state index < -0.39 is 0 Å². The highest BCUT2D eigenvalue weighted by atomic mass is 16.5. The van der Waals surface area contributed by atoms with E-state index in [2.05, 4.69) is 33.0 Å². The molecule has 15 heavy (non-hydrogen) atoms. The number of rotatable bonds is 9. The van der Waals surface area contributed by atoms with E-state index in [1.807, 2.05) is 7.05 Å². The fourth-order valence-corrected chi connectivity index (χ4v) is 1.65. The number of hydrogen-bond donors (Lipinski definition) is 1. The molecule has 0 rings (SSSR count). The van der Waals surface area contributed by atoms with E-state index in [4.69, 9.17) is 4.74 Å². The van der Waals surface area contributed by atoms with Gasteiger partial charge in [0.2, 0.25) is 0 Å². The fraction of sp³-hybridized carbons (Fsp3) is 1.00. The standard InChI is InChI=1S/C13H29NO/c1-6-7-8-9-10-11(2)15-13(4)12(3)14-5/h11-14H,6-10H2,1-5H3. The second kappa shape index (κ2) is 9.17. The monoisotopic (exact) mass is 215 g/mol. The van der Waals surface area contributed by atoms with Crippen molar-refractivity contribution in [2.45, 2.75) is 78.0 Å². The van der Waals surface area contributed by atoms with Crippen LogP contribution in [0.25, 0.3) is 0 Å². The summed E-state index contributed by atoms with van der Waals surface area (Å²) in [5.41, 5.74) is 0. The van der Waals surface area contributed by atoms with Crippen LogP contribution in [0.4, 0.5) is 0 Å². The first kappa shape index (κ1) is 14.9. The maximum absolute atomic E-state index is 5.92. The molecule has 3 unspecified atom stereocenters. The Morgan fingerprint density at radius 1 is 1.07 bits per heavy atom. The summed E-state index contributed by atoms with van der Waals surface area (Å²) in [5, 5.41) is 3.22. The SMILES string of the molecule is CCCCCCC(C)OC(C)C(C)NC. The van der Waals surface area contributed by atoms with Crippen LogP contribution >= 0.6 is 0 Å². The lowest BCUT2D eigenvalue weighted by molar-refractivity contribution is -0.0122. The van der Waals surface area contributed by atoms with Crippen LogP contribution in [0.5, 0.6) is 0 Å². The average Bonchev–Trinajstić information content (AvgIpc) is 2.23. The Morgan fingerprint density at radius 3 is 2.27 bits per heavy atom. The van der Waals surface area contributed by atoms with E-state index in [-0.39, 0.29) is 0 Å². The van der Waals surface area contributed by atoms with Gasteiger partial charge in [0.05, 0.1) is 12.2 Å². The molecule has 0 heterocycles. The summed E-state index contributed by atoms with van der Waals surface area (Å²) in [6.45, 7) is 8.74. The van der Waals surface area contributed by atoms with Gasteiger partial charge in [-0.05, 0) is 34.2 Å². The molecule has 0 aromatic rings. The number of likely N-dealkylation sites (N-methyl/N-ethyl adjacent to an activating group) is 1. The molecule has 1 N–H and O–H groups in total. The normalized spacial score (nSPS) is 17.4. The first-order valence-electron chi connectivity index (χ1n) is 6.44. The lowest BCUT2D eigenvalue weighted by Gasteiger charge is -2.24. The van der Waals surface area contributed by atoms with Crippen molar-refractivity contribution < 1.29 is 4.74 Å². The molecular formula is C13H29NO. The maximum Gasteiger partial charge on any atom is 0.0700 e. The quantitative estimate of drug-likeness (QED) is 0.596. The van der Waals surface area contributed by atoms with Gasteiger partial charge < -0.3 is 10.1 Å². The predicted molar refractivity (Wildman–Crippen MR) is 67.3 cm³/mol. The third kappa shape index (κ3) is 7.80. The van der Waals surface area contributed by atoms with Gasteiger partial charge in [-0.3, -0.25) is 0 Å². The lowest BCUT2D eigenvalue weighted by Crippen LogP contribution is -2.36. The Labute approximate surface area is 95.8 Å². The molecule has 0 aliphatic carbocycles. The third-order valence-corrected chi connectivity index (χ3v) is 3.07. The Balaban J connectivity index is 3.50. The van der Waals surface area contributed by atoms with Crippen LogP contribution in [0.1, 0.15) is 59.8 Å². The first-order chi connectivity index (χ1) is 7.11. The van der Waals surface area contributed by atoms with Crippen molar-refractivity contribution in [1.29, 1.82) is 0 Å². The first-order valence-corrected chi connectivity index (χ1v) is 6.44. The summed E-state index contributed by atoms with van der Waals surface area (Å²) in [6.07, 6.45) is 7.21. The molecule has 92 valence electrons. The summed E-state index contributed by atoms with van der Waals surface area (Å²) in [5.74, 6) is 0. The molecule has 0 saturated heterocycles. The Bertz CT molecular complexity index is 138. The summed E-state index contributed by atoms with van der Waals surface area (Å²) >= 11 is 0. The Kier molecular flexibility index (Phi) is 9.12. The number of ether oxygens (including phenoxy) is 1. The molecule has 3 atom stereocenters. The van der Waals surface area contributed by atoms with E-state index in [0.29, 0.717) is 18.2 Å². The maximum atomic E-state index is 5.92. The van der Waals surface area contributed by atoms with Crippen molar-refractivity contribution in [3.63, 3.8) is 0 Å². The summed E-state index contributed by atoms with van der Waals surface area (Å²) in [6, 6.07) is 0.433. The van der Waals surface area contributed by atoms with Gasteiger partial charge in [-0.2, -0.15) is 0 Å². The summed E-state index contributed by atoms with van der Waals surface area (Å²) in [7, 11) is 1.98. The van der Waals surface area contributed by atoms with Gasteiger partial charge in [0, 0.05) is 6.04 Å². The predicted octanol–water partition coefficient (Wildman–Crippen LogP) is 3.36. The van der Waals surface area contributed by atoms with Crippen LogP contribution in [-0.2, 0) is 4.74 Å². The van der Waals surface area contributed by atoms with Crippen LogP contribution in [0.15, 0.2) is 0 Å². The molecule has 0 aromatic carbocycles. The van der Waals surface area contributed by atoms with Gasteiger partial charge in [-0.25, -0.2) is 0 Å². The molecule has 2 heteroatoms. The molecule has 0 bridgehead atoms. The number of unbranched alkanes of at least 4 members (excludes halogenated alkanes) is 3. The molecule has 0 aliphatic rings. The van der Waals surface area contributed by atoms with E-state index in [1.165, 1.54) is 32.1 Å². The Morgan fingerprint density at radius 2 is 1.73 bits per heavy atom. The van der Waals surface area contributed by atoms with Crippen molar-refractivity contribution in [3.8, 4) is 0 Å². The number of nitrogens with one attached hydrogen (secondary N) is 1. The zero-order chi connectivity index (χ0) is 11.7. The lowest BCUT2D eigenvalue weighted by atomic mass is 10.1. The average molecular weight is 215 g/mol. The van der Waals surface area contributed by atoms with Gasteiger partial charge >= 0.3 is 0 Å². The van der Waals surface area contributed by atoms with Crippen molar-refractivity contribution in [2.24, 2.45) is 0 Å². The highest BCUT2D eigenvalue weighted by Crippen LogP contribution is 2.11. The zero-order valence-electron chi connectivity index (χ0n) is 11.2. The van der Waals surface area contributed by atoms with E-state index in [1.54, 1.807) is 0 Å². The topological polar surface area (TPSA) is 21.3 Å². The van der Waals surface area contributed by atoms with Gasteiger partial charge in [-0.15, -0.1) is 0 Å². The van der Waals surface area contributed by atoms with Crippen LogP contribution in [-0.4, -0.2) is 25.3 Å². The third-order valence-electron chi connectivity index (χ3n) is 3.07. The minimum absolute atomic E-state index is 0.302. The van der Waals surface area contributed by atoms with Crippen LogP contribution < -0.4 is 5.32 Å². The highest BCUT2D eigenvalue weighted by molar-refractivity contribution is 4.67. The second-order valence-corrected chi connectivity index (χ2v) is 4.58. The molecule has 2 nitrogen and oxygen atoms in total. The minimum atomic E-state index is 0.302. The van der Waals surface area contributed by atoms with Gasteiger partial charge in [0.15, 0.2) is 0 Å². The molecular weight excluding hydrogens is 186 g/mol. The van der Waals surface area contributed by atoms with Gasteiger partial charge in [0.1, 0.15) is 0 Å². The van der Waals surface area contributed by atoms with Crippen LogP contribution in [0.3, 0.4) is 0 Å². The number of hydrogen-bond acceptors (Lipinski definition) is 2. The van der Waals surface area contributed by atoms with Crippen molar-refractivity contribution >= 4 is 0 Å². The molecule has 0 fully saturated rings. The van der Waals surface area contributed by atoms with Crippen molar-refractivity contribution in [1.82, 2.24) is 5.32 Å². The second-order valence-electron chi connectivity index (χ2n) is 4.58. The van der Waals surface area contributed by atoms with Crippen LogP contribution in [0, 0.1) is 0 Å². The zero-order valence-corrected chi connectivity index (χ0v) is 11.2. The fourth-order valence-electron chi connectivity index (χ4n) is 1.65. The largest absolute Gasteiger partial charge is 0.374 e. The van der Waals surface area contributed by atoms with Crippen molar-refractivity contribution in [3.05, 3.63) is 0 Å². The smallest absolute Gasteiger partial charge is 0.0700 e. The molecule has 0 saturated carbocycles. The summed E-state index contributed by atoms with van der Waals surface area (Å²) in [4.78, 5) is 0. The molecule has 0 aromatic heterocycles. The van der Waals surface area contributed by atoms with E-state index in [9.17, 15) is 0 Å². The molecule has 0 spiro atoms. The van der Waals surface area contributed by atoms with Crippen LogP contribution in [0.2, 0.25) is 0 Å². The van der Waals surface area contributed by atoms with Gasteiger partial charge in [-0.1, -0.05) is 32.6 Å². The Hall–Kier alpha value is -0.0800. The van der Waals surface area contributed by atoms with E-state index >= 15 is 0 Å². The van der Waals surface area contributed by atoms with Crippen molar-refractivity contribution in [2.75, 3.05) is 7.05 Å². The van der Waals surface area contributed by atoms with E-state index in [0.717, 1.165) is 0 Å². The molecule has 0 radical (unpaired) electrons. The molecule has 0 aliphatic heterocycles. The van der Waals surface area contributed by atoms with Gasteiger partial charge in [0.25, 0.3) is 0 Å².